The molecule has 1 aliphatic heterocycles. The van der Waals surface area contributed by atoms with Crippen LogP contribution in [0.15, 0.2) is 24.5 Å². The summed E-state index contributed by atoms with van der Waals surface area (Å²) in [6, 6.07) is 3.95. The molecule has 2 aromatic rings. The number of rotatable bonds is 4. The molecule has 2 N–H and O–H groups in total. The van der Waals surface area contributed by atoms with Crippen molar-refractivity contribution in [2.75, 3.05) is 13.1 Å². The molecule has 150 valence electrons. The zero-order chi connectivity index (χ0) is 19.5. The van der Waals surface area contributed by atoms with Crippen LogP contribution in [0.25, 0.3) is 0 Å². The zero-order valence-corrected chi connectivity index (χ0v) is 15.9. The number of benzene rings is 1. The van der Waals surface area contributed by atoms with Crippen molar-refractivity contribution in [2.45, 2.75) is 51.0 Å². The molecule has 1 aromatic carbocycles. The molecule has 0 bridgehead atoms. The van der Waals surface area contributed by atoms with Gasteiger partial charge in [-0.1, -0.05) is 6.07 Å². The third-order valence-corrected chi connectivity index (χ3v) is 6.05. The van der Waals surface area contributed by atoms with Crippen molar-refractivity contribution in [3.05, 3.63) is 53.1 Å². The molecule has 0 spiro atoms. The number of aryl methyl sites for hydroxylation is 2. The SMILES string of the molecule is O=C(NC1CCc2nc[nH]c2C1)N1CCC(CCc2ccc(F)cc2F)CC1. The summed E-state index contributed by atoms with van der Waals surface area (Å²) in [6.45, 7) is 1.45. The van der Waals surface area contributed by atoms with Crippen molar-refractivity contribution < 1.29 is 13.6 Å². The van der Waals surface area contributed by atoms with Gasteiger partial charge in [0.2, 0.25) is 0 Å². The monoisotopic (exact) mass is 388 g/mol. The van der Waals surface area contributed by atoms with E-state index in [1.165, 1.54) is 12.1 Å². The third kappa shape index (κ3) is 4.34. The molecule has 1 aromatic heterocycles. The van der Waals surface area contributed by atoms with Gasteiger partial charge < -0.3 is 15.2 Å². The summed E-state index contributed by atoms with van der Waals surface area (Å²) < 4.78 is 26.8. The molecular weight excluding hydrogens is 362 g/mol. The lowest BCUT2D eigenvalue weighted by atomic mass is 9.90. The van der Waals surface area contributed by atoms with Gasteiger partial charge in [-0.05, 0) is 56.1 Å². The smallest absolute Gasteiger partial charge is 0.317 e. The number of aromatic amines is 1. The van der Waals surface area contributed by atoms with E-state index in [1.807, 2.05) is 4.90 Å². The Kier molecular flexibility index (Phi) is 5.59. The fourth-order valence-electron chi connectivity index (χ4n) is 4.30. The Balaban J connectivity index is 1.21. The lowest BCUT2D eigenvalue weighted by Crippen LogP contribution is -2.49. The van der Waals surface area contributed by atoms with Crippen LogP contribution in [0.5, 0.6) is 0 Å². The van der Waals surface area contributed by atoms with Crippen LogP contribution in [0, 0.1) is 17.6 Å². The van der Waals surface area contributed by atoms with Crippen LogP contribution in [0.3, 0.4) is 0 Å². The molecule has 1 unspecified atom stereocenters. The summed E-state index contributed by atoms with van der Waals surface area (Å²) in [5, 5.41) is 3.16. The number of carbonyl (C=O) groups is 1. The molecule has 1 atom stereocenters. The maximum Gasteiger partial charge on any atom is 0.317 e. The summed E-state index contributed by atoms with van der Waals surface area (Å²) in [4.78, 5) is 21.9. The first-order valence-corrected chi connectivity index (χ1v) is 10.1. The second-order valence-corrected chi connectivity index (χ2v) is 7.92. The fourth-order valence-corrected chi connectivity index (χ4v) is 4.30. The van der Waals surface area contributed by atoms with Crippen molar-refractivity contribution >= 4 is 6.03 Å². The van der Waals surface area contributed by atoms with Crippen LogP contribution < -0.4 is 5.32 Å². The van der Waals surface area contributed by atoms with Crippen LogP contribution in [0.4, 0.5) is 13.6 Å². The van der Waals surface area contributed by atoms with Crippen molar-refractivity contribution in [3.8, 4) is 0 Å². The van der Waals surface area contributed by atoms with Gasteiger partial charge in [-0.15, -0.1) is 0 Å². The number of aromatic nitrogens is 2. The number of piperidine rings is 1. The highest BCUT2D eigenvalue weighted by Gasteiger charge is 2.27. The average Bonchev–Trinajstić information content (AvgIpc) is 3.15. The summed E-state index contributed by atoms with van der Waals surface area (Å²) in [5.74, 6) is -0.539. The minimum absolute atomic E-state index is 0.0102. The highest BCUT2D eigenvalue weighted by molar-refractivity contribution is 5.74. The molecule has 0 saturated carbocycles. The zero-order valence-electron chi connectivity index (χ0n) is 15.9. The molecule has 2 amide bonds. The van der Waals surface area contributed by atoms with Crippen LogP contribution in [0.1, 0.15) is 42.6 Å². The first-order chi connectivity index (χ1) is 13.6. The van der Waals surface area contributed by atoms with Gasteiger partial charge in [-0.2, -0.15) is 0 Å². The number of fused-ring (bicyclic) bond motifs is 1. The number of imidazole rings is 1. The Morgan fingerprint density at radius 3 is 2.86 bits per heavy atom. The van der Waals surface area contributed by atoms with Gasteiger partial charge in [-0.3, -0.25) is 0 Å². The molecule has 1 aliphatic carbocycles. The van der Waals surface area contributed by atoms with E-state index in [-0.39, 0.29) is 12.1 Å². The molecule has 0 radical (unpaired) electrons. The van der Waals surface area contributed by atoms with Gasteiger partial charge in [-0.25, -0.2) is 18.6 Å². The largest absolute Gasteiger partial charge is 0.348 e. The molecule has 1 saturated heterocycles. The van der Waals surface area contributed by atoms with E-state index in [1.54, 1.807) is 6.33 Å². The molecular formula is C21H26F2N4O. The van der Waals surface area contributed by atoms with Gasteiger partial charge in [0, 0.05) is 37.3 Å². The van der Waals surface area contributed by atoms with Gasteiger partial charge in [0.05, 0.1) is 12.0 Å². The van der Waals surface area contributed by atoms with E-state index in [4.69, 9.17) is 0 Å². The second-order valence-electron chi connectivity index (χ2n) is 7.92. The number of likely N-dealkylation sites (tertiary alicyclic amines) is 1. The van der Waals surface area contributed by atoms with Crippen LogP contribution >= 0.6 is 0 Å². The average molecular weight is 388 g/mol. The maximum absolute atomic E-state index is 13.8. The predicted octanol–water partition coefficient (Wildman–Crippen LogP) is 3.60. The van der Waals surface area contributed by atoms with E-state index in [9.17, 15) is 13.6 Å². The number of carbonyl (C=O) groups excluding carboxylic acids is 1. The lowest BCUT2D eigenvalue weighted by Gasteiger charge is -2.34. The summed E-state index contributed by atoms with van der Waals surface area (Å²) in [6.07, 6.45) is 7.66. The summed E-state index contributed by atoms with van der Waals surface area (Å²) in [5.41, 5.74) is 2.81. The topological polar surface area (TPSA) is 61.0 Å². The Hall–Kier alpha value is -2.44. The van der Waals surface area contributed by atoms with Gasteiger partial charge in [0.1, 0.15) is 11.6 Å². The van der Waals surface area contributed by atoms with E-state index in [2.05, 4.69) is 15.3 Å². The standard InChI is InChI=1S/C21H26F2N4O/c22-16-4-3-15(18(23)11-16)2-1-14-7-9-27(10-8-14)21(28)26-17-5-6-19-20(12-17)25-13-24-19/h3-4,11,13-14,17H,1-2,5-10,12H2,(H,24,25)(H,26,28). The van der Waals surface area contributed by atoms with Crippen molar-refractivity contribution in [2.24, 2.45) is 5.92 Å². The first-order valence-electron chi connectivity index (χ1n) is 10.1. The number of halogens is 2. The number of H-pyrrole nitrogens is 1. The molecule has 28 heavy (non-hydrogen) atoms. The van der Waals surface area contributed by atoms with Crippen molar-refractivity contribution in [1.29, 1.82) is 0 Å². The van der Waals surface area contributed by atoms with Crippen LogP contribution in [0.2, 0.25) is 0 Å². The Morgan fingerprint density at radius 1 is 1.25 bits per heavy atom. The van der Waals surface area contributed by atoms with Crippen LogP contribution in [-0.4, -0.2) is 40.0 Å². The van der Waals surface area contributed by atoms with E-state index < -0.39 is 11.6 Å². The lowest BCUT2D eigenvalue weighted by molar-refractivity contribution is 0.164. The number of urea groups is 1. The van der Waals surface area contributed by atoms with E-state index in [0.717, 1.165) is 69.1 Å². The Labute approximate surface area is 163 Å². The number of amides is 2. The molecule has 1 fully saturated rings. The first kappa shape index (κ1) is 18.9. The van der Waals surface area contributed by atoms with E-state index in [0.29, 0.717) is 17.9 Å². The van der Waals surface area contributed by atoms with E-state index >= 15 is 0 Å². The minimum atomic E-state index is -0.540. The predicted molar refractivity (Wildman–Crippen MR) is 102 cm³/mol. The Morgan fingerprint density at radius 2 is 2.07 bits per heavy atom. The number of hydrogen-bond donors (Lipinski definition) is 2. The minimum Gasteiger partial charge on any atom is -0.348 e. The third-order valence-electron chi connectivity index (χ3n) is 6.05. The number of nitrogens with zero attached hydrogens (tertiary/aromatic N) is 2. The molecule has 2 aliphatic rings. The second kappa shape index (κ2) is 8.29. The van der Waals surface area contributed by atoms with Gasteiger partial charge >= 0.3 is 6.03 Å². The fraction of sp³-hybridized carbons (Fsp3) is 0.524. The maximum atomic E-state index is 13.8. The van der Waals surface area contributed by atoms with Gasteiger partial charge in [0.25, 0.3) is 0 Å². The summed E-state index contributed by atoms with van der Waals surface area (Å²) in [7, 11) is 0. The highest BCUT2D eigenvalue weighted by atomic mass is 19.1. The normalized spacial score (nSPS) is 20.1. The van der Waals surface area contributed by atoms with Crippen LogP contribution in [-0.2, 0) is 19.3 Å². The molecule has 5 nitrogen and oxygen atoms in total. The molecule has 7 heteroatoms. The number of nitrogens with one attached hydrogen (secondary N) is 2. The Bertz CT molecular complexity index is 830. The quantitative estimate of drug-likeness (QED) is 0.841. The number of hydrogen-bond acceptors (Lipinski definition) is 2. The highest BCUT2D eigenvalue weighted by Crippen LogP contribution is 2.24. The summed E-state index contributed by atoms with van der Waals surface area (Å²) >= 11 is 0. The van der Waals surface area contributed by atoms with Crippen molar-refractivity contribution in [1.82, 2.24) is 20.2 Å². The van der Waals surface area contributed by atoms with Crippen molar-refractivity contribution in [3.63, 3.8) is 0 Å². The molecule has 2 heterocycles. The molecule has 4 rings (SSSR count). The van der Waals surface area contributed by atoms with Gasteiger partial charge in [0.15, 0.2) is 0 Å².